The van der Waals surface area contributed by atoms with Gasteiger partial charge in [0.2, 0.25) is 0 Å². The Morgan fingerprint density at radius 1 is 1.27 bits per heavy atom. The van der Waals surface area contributed by atoms with Gasteiger partial charge in [-0.2, -0.15) is 13.2 Å². The van der Waals surface area contributed by atoms with Gasteiger partial charge in [-0.15, -0.1) is 0 Å². The van der Waals surface area contributed by atoms with Crippen LogP contribution in [0.1, 0.15) is 32.3 Å². The third-order valence-electron chi connectivity index (χ3n) is 4.80. The molecule has 0 saturated carbocycles. The standard InChI is InChI=1S/C18H23ClF3NO3/c1-3-17(4-2,26-16(24)18(20,21)22)15-10-23-14(11-25-15)9-12-5-7-13(19)8-6-12/h5-8,14-15,23H,3-4,9-11H2,1-2H3/t14-,15+/m0/s1. The van der Waals surface area contributed by atoms with Crippen molar-refractivity contribution in [2.24, 2.45) is 0 Å². The fourth-order valence-corrected chi connectivity index (χ4v) is 3.28. The number of ether oxygens (including phenoxy) is 2. The molecule has 0 radical (unpaired) electrons. The van der Waals surface area contributed by atoms with Gasteiger partial charge in [0.05, 0.1) is 6.61 Å². The van der Waals surface area contributed by atoms with Crippen LogP contribution in [0.5, 0.6) is 0 Å². The maximum atomic E-state index is 12.6. The number of benzene rings is 1. The van der Waals surface area contributed by atoms with Crippen molar-refractivity contribution in [1.29, 1.82) is 0 Å². The van der Waals surface area contributed by atoms with Gasteiger partial charge < -0.3 is 14.8 Å². The van der Waals surface area contributed by atoms with E-state index >= 15 is 0 Å². The molecular weight excluding hydrogens is 371 g/mol. The average Bonchev–Trinajstić information content (AvgIpc) is 2.61. The fraction of sp³-hybridized carbons (Fsp3) is 0.611. The topological polar surface area (TPSA) is 47.6 Å². The van der Waals surface area contributed by atoms with Crippen LogP contribution in [0.2, 0.25) is 5.02 Å². The van der Waals surface area contributed by atoms with Crippen molar-refractivity contribution in [2.75, 3.05) is 13.2 Å². The molecule has 0 aliphatic carbocycles. The van der Waals surface area contributed by atoms with Crippen LogP contribution in [-0.4, -0.2) is 43.0 Å². The lowest BCUT2D eigenvalue weighted by Gasteiger charge is -2.42. The molecule has 1 aromatic carbocycles. The van der Waals surface area contributed by atoms with E-state index in [9.17, 15) is 18.0 Å². The van der Waals surface area contributed by atoms with Gasteiger partial charge >= 0.3 is 12.1 Å². The van der Waals surface area contributed by atoms with E-state index in [1.807, 2.05) is 12.1 Å². The summed E-state index contributed by atoms with van der Waals surface area (Å²) in [7, 11) is 0. The number of carbonyl (C=O) groups is 1. The molecule has 0 unspecified atom stereocenters. The van der Waals surface area contributed by atoms with Crippen LogP contribution >= 0.6 is 11.6 Å². The Hall–Kier alpha value is -1.31. The lowest BCUT2D eigenvalue weighted by molar-refractivity contribution is -0.229. The minimum absolute atomic E-state index is 0.0251. The van der Waals surface area contributed by atoms with Gasteiger partial charge in [-0.25, -0.2) is 4.79 Å². The molecular formula is C18H23ClF3NO3. The zero-order chi connectivity index (χ0) is 19.4. The van der Waals surface area contributed by atoms with E-state index in [4.69, 9.17) is 21.1 Å². The summed E-state index contributed by atoms with van der Waals surface area (Å²) in [6.45, 7) is 4.01. The third kappa shape index (κ3) is 5.11. The van der Waals surface area contributed by atoms with Crippen molar-refractivity contribution in [2.45, 2.75) is 57.0 Å². The van der Waals surface area contributed by atoms with Crippen molar-refractivity contribution in [3.8, 4) is 0 Å². The molecule has 0 spiro atoms. The Morgan fingerprint density at radius 2 is 1.88 bits per heavy atom. The summed E-state index contributed by atoms with van der Waals surface area (Å²) < 4.78 is 48.5. The molecule has 1 saturated heterocycles. The maximum absolute atomic E-state index is 12.6. The SMILES string of the molecule is CCC(CC)(OC(=O)C(F)(F)F)[C@H]1CN[C@@H](Cc2ccc(Cl)cc2)CO1. The van der Waals surface area contributed by atoms with Crippen LogP contribution in [-0.2, 0) is 20.7 Å². The van der Waals surface area contributed by atoms with Crippen molar-refractivity contribution < 1.29 is 27.4 Å². The second-order valence-corrected chi connectivity index (χ2v) is 6.85. The minimum atomic E-state index is -5.02. The average molecular weight is 394 g/mol. The first-order valence-corrected chi connectivity index (χ1v) is 8.97. The molecule has 1 N–H and O–H groups in total. The molecule has 146 valence electrons. The molecule has 0 bridgehead atoms. The van der Waals surface area contributed by atoms with E-state index in [-0.39, 0.29) is 18.9 Å². The first-order chi connectivity index (χ1) is 12.2. The lowest BCUT2D eigenvalue weighted by Crippen LogP contribution is -2.58. The monoisotopic (exact) mass is 393 g/mol. The number of nitrogens with one attached hydrogen (secondary N) is 1. The van der Waals surface area contributed by atoms with Gasteiger partial charge in [0.25, 0.3) is 0 Å². The van der Waals surface area contributed by atoms with E-state index in [1.165, 1.54) is 0 Å². The van der Waals surface area contributed by atoms with Gasteiger partial charge in [-0.1, -0.05) is 37.6 Å². The van der Waals surface area contributed by atoms with Gasteiger partial charge in [-0.05, 0) is 37.0 Å². The maximum Gasteiger partial charge on any atom is 0.490 e. The molecule has 2 rings (SSSR count). The molecule has 1 fully saturated rings. The molecule has 0 amide bonds. The normalized spacial score (nSPS) is 21.5. The predicted octanol–water partition coefficient (Wildman–Crippen LogP) is 3.90. The molecule has 1 aromatic rings. The van der Waals surface area contributed by atoms with Crippen LogP contribution in [0, 0.1) is 0 Å². The first-order valence-electron chi connectivity index (χ1n) is 8.59. The summed E-state index contributed by atoms with van der Waals surface area (Å²) in [6, 6.07) is 7.48. The smallest absolute Gasteiger partial charge is 0.450 e. The molecule has 1 aliphatic heterocycles. The van der Waals surface area contributed by atoms with Crippen molar-refractivity contribution in [3.05, 3.63) is 34.9 Å². The van der Waals surface area contributed by atoms with Crippen LogP contribution < -0.4 is 5.32 Å². The Kier molecular flexibility index (Phi) is 6.93. The summed E-state index contributed by atoms with van der Waals surface area (Å²) >= 11 is 5.87. The number of carbonyl (C=O) groups excluding carboxylic acids is 1. The van der Waals surface area contributed by atoms with E-state index in [0.717, 1.165) is 5.56 Å². The number of rotatable bonds is 6. The Labute approximate surface area is 156 Å². The van der Waals surface area contributed by atoms with E-state index < -0.39 is 23.9 Å². The van der Waals surface area contributed by atoms with Gasteiger partial charge in [0.1, 0.15) is 11.7 Å². The van der Waals surface area contributed by atoms with Crippen LogP contribution in [0.3, 0.4) is 0 Å². The second-order valence-electron chi connectivity index (χ2n) is 6.42. The quantitative estimate of drug-likeness (QED) is 0.744. The number of morpholine rings is 1. The lowest BCUT2D eigenvalue weighted by atomic mass is 9.88. The largest absolute Gasteiger partial charge is 0.490 e. The fourth-order valence-electron chi connectivity index (χ4n) is 3.16. The van der Waals surface area contributed by atoms with Crippen molar-refractivity contribution in [1.82, 2.24) is 5.32 Å². The first kappa shape index (κ1) is 21.0. The van der Waals surface area contributed by atoms with Gasteiger partial charge in [-0.3, -0.25) is 0 Å². The highest BCUT2D eigenvalue weighted by atomic mass is 35.5. The molecule has 26 heavy (non-hydrogen) atoms. The van der Waals surface area contributed by atoms with Crippen LogP contribution in [0.15, 0.2) is 24.3 Å². The summed E-state index contributed by atoms with van der Waals surface area (Å²) in [5.41, 5.74) is -0.222. The summed E-state index contributed by atoms with van der Waals surface area (Å²) in [6.07, 6.45) is -4.48. The molecule has 2 atom stereocenters. The van der Waals surface area contributed by atoms with Crippen LogP contribution in [0.25, 0.3) is 0 Å². The summed E-state index contributed by atoms with van der Waals surface area (Å²) in [5.74, 6) is -2.17. The highest BCUT2D eigenvalue weighted by Gasteiger charge is 2.49. The Balaban J connectivity index is 1.98. The highest BCUT2D eigenvalue weighted by molar-refractivity contribution is 6.30. The molecule has 4 nitrogen and oxygen atoms in total. The van der Waals surface area contributed by atoms with Crippen molar-refractivity contribution in [3.63, 3.8) is 0 Å². The molecule has 0 aromatic heterocycles. The second kappa shape index (κ2) is 8.59. The zero-order valence-electron chi connectivity index (χ0n) is 14.7. The highest BCUT2D eigenvalue weighted by Crippen LogP contribution is 2.32. The van der Waals surface area contributed by atoms with E-state index in [2.05, 4.69) is 5.32 Å². The Morgan fingerprint density at radius 3 is 2.35 bits per heavy atom. The minimum Gasteiger partial charge on any atom is -0.450 e. The predicted molar refractivity (Wildman–Crippen MR) is 92.1 cm³/mol. The van der Waals surface area contributed by atoms with Crippen LogP contribution in [0.4, 0.5) is 13.2 Å². The number of hydrogen-bond donors (Lipinski definition) is 1. The molecule has 8 heteroatoms. The molecule has 1 heterocycles. The van der Waals surface area contributed by atoms with Gasteiger partial charge in [0.15, 0.2) is 0 Å². The molecule has 1 aliphatic rings. The number of halogens is 4. The van der Waals surface area contributed by atoms with Crippen molar-refractivity contribution >= 4 is 17.6 Å². The number of esters is 1. The summed E-state index contributed by atoms with van der Waals surface area (Å²) in [5, 5.41) is 3.94. The number of hydrogen-bond acceptors (Lipinski definition) is 4. The summed E-state index contributed by atoms with van der Waals surface area (Å²) in [4.78, 5) is 11.3. The Bertz CT molecular complexity index is 595. The number of alkyl halides is 3. The zero-order valence-corrected chi connectivity index (χ0v) is 15.5. The van der Waals surface area contributed by atoms with Gasteiger partial charge in [0, 0.05) is 17.6 Å². The van der Waals surface area contributed by atoms with E-state index in [0.29, 0.717) is 24.6 Å². The van der Waals surface area contributed by atoms with E-state index in [1.54, 1.807) is 26.0 Å². The third-order valence-corrected chi connectivity index (χ3v) is 5.05.